The zero-order chi connectivity index (χ0) is 17.2. The number of piperazine rings is 1. The molecule has 2 aliphatic rings. The van der Waals surface area contributed by atoms with Gasteiger partial charge in [0.15, 0.2) is 0 Å². The molecule has 1 fully saturated rings. The SMILES string of the molecule is Cc1nc2c([nH]1)C[C@@H](C(=O)N1CCN(Cc3ccncc3)CC1)CC2. The van der Waals surface area contributed by atoms with Gasteiger partial charge in [0.05, 0.1) is 5.69 Å². The zero-order valence-electron chi connectivity index (χ0n) is 14.7. The monoisotopic (exact) mass is 339 g/mol. The van der Waals surface area contributed by atoms with Crippen molar-refractivity contribution in [2.45, 2.75) is 32.7 Å². The van der Waals surface area contributed by atoms with Crippen LogP contribution in [-0.2, 0) is 24.2 Å². The first-order chi connectivity index (χ1) is 12.2. The number of nitrogens with one attached hydrogen (secondary N) is 1. The van der Waals surface area contributed by atoms with E-state index in [-0.39, 0.29) is 5.92 Å². The van der Waals surface area contributed by atoms with Crippen molar-refractivity contribution < 1.29 is 4.79 Å². The Morgan fingerprint density at radius 3 is 2.76 bits per heavy atom. The lowest BCUT2D eigenvalue weighted by Gasteiger charge is -2.37. The minimum atomic E-state index is 0.110. The number of pyridine rings is 1. The molecule has 1 saturated heterocycles. The van der Waals surface area contributed by atoms with E-state index >= 15 is 0 Å². The van der Waals surface area contributed by atoms with Gasteiger partial charge in [-0.1, -0.05) is 0 Å². The van der Waals surface area contributed by atoms with E-state index in [0.717, 1.165) is 63.5 Å². The Kier molecular flexibility index (Phi) is 4.53. The van der Waals surface area contributed by atoms with Crippen molar-refractivity contribution in [1.82, 2.24) is 24.8 Å². The maximum atomic E-state index is 12.9. The summed E-state index contributed by atoms with van der Waals surface area (Å²) in [7, 11) is 0. The Morgan fingerprint density at radius 1 is 1.24 bits per heavy atom. The Hall–Kier alpha value is -2.21. The molecular formula is C19H25N5O. The van der Waals surface area contributed by atoms with Crippen LogP contribution < -0.4 is 0 Å². The van der Waals surface area contributed by atoms with Crippen molar-refractivity contribution in [3.8, 4) is 0 Å². The molecule has 4 rings (SSSR count). The highest BCUT2D eigenvalue weighted by Crippen LogP contribution is 2.26. The number of rotatable bonds is 3. The standard InChI is InChI=1S/C19H25N5O/c1-14-21-17-3-2-16(12-18(17)22-14)19(25)24-10-8-23(9-11-24)13-15-4-6-20-7-5-15/h4-7,16H,2-3,8-13H2,1H3,(H,21,22)/t16-/m0/s1. The molecule has 0 spiro atoms. The fraction of sp³-hybridized carbons (Fsp3) is 0.526. The van der Waals surface area contributed by atoms with Crippen LogP contribution in [0.3, 0.4) is 0 Å². The summed E-state index contributed by atoms with van der Waals surface area (Å²) >= 11 is 0. The summed E-state index contributed by atoms with van der Waals surface area (Å²) in [6.07, 6.45) is 6.32. The van der Waals surface area contributed by atoms with Gasteiger partial charge in [0.2, 0.25) is 5.91 Å². The Labute approximate surface area is 148 Å². The van der Waals surface area contributed by atoms with E-state index in [1.54, 1.807) is 0 Å². The molecule has 0 bridgehead atoms. The molecule has 1 aliphatic heterocycles. The van der Waals surface area contributed by atoms with Crippen molar-refractivity contribution in [3.63, 3.8) is 0 Å². The third kappa shape index (κ3) is 3.58. The topological polar surface area (TPSA) is 65.1 Å². The van der Waals surface area contributed by atoms with Crippen LogP contribution >= 0.6 is 0 Å². The molecule has 1 aliphatic carbocycles. The molecule has 6 nitrogen and oxygen atoms in total. The summed E-state index contributed by atoms with van der Waals surface area (Å²) < 4.78 is 0. The number of carbonyl (C=O) groups is 1. The van der Waals surface area contributed by atoms with Crippen LogP contribution in [0.2, 0.25) is 0 Å². The molecule has 1 atom stereocenters. The summed E-state index contributed by atoms with van der Waals surface area (Å²) in [5, 5.41) is 0. The molecule has 25 heavy (non-hydrogen) atoms. The molecule has 2 aromatic rings. The fourth-order valence-electron chi connectivity index (χ4n) is 3.97. The average molecular weight is 339 g/mol. The molecule has 0 radical (unpaired) electrons. The largest absolute Gasteiger partial charge is 0.346 e. The van der Waals surface area contributed by atoms with Crippen LogP contribution in [0.15, 0.2) is 24.5 Å². The van der Waals surface area contributed by atoms with Crippen LogP contribution in [0.5, 0.6) is 0 Å². The number of H-pyrrole nitrogens is 1. The van der Waals surface area contributed by atoms with Gasteiger partial charge in [-0.05, 0) is 37.5 Å². The molecule has 1 amide bonds. The number of hydrogen-bond donors (Lipinski definition) is 1. The van der Waals surface area contributed by atoms with E-state index < -0.39 is 0 Å². The molecular weight excluding hydrogens is 314 g/mol. The van der Waals surface area contributed by atoms with Gasteiger partial charge in [0.1, 0.15) is 5.82 Å². The lowest BCUT2D eigenvalue weighted by atomic mass is 9.88. The van der Waals surface area contributed by atoms with Crippen LogP contribution in [0.4, 0.5) is 0 Å². The first-order valence-electron chi connectivity index (χ1n) is 9.13. The predicted octanol–water partition coefficient (Wildman–Crippen LogP) is 1.56. The number of amides is 1. The Balaban J connectivity index is 1.31. The molecule has 1 N–H and O–H groups in total. The van der Waals surface area contributed by atoms with Crippen molar-refractivity contribution in [2.24, 2.45) is 5.92 Å². The Morgan fingerprint density at radius 2 is 2.00 bits per heavy atom. The number of nitrogens with zero attached hydrogens (tertiary/aromatic N) is 4. The number of imidazole rings is 1. The molecule has 0 saturated carbocycles. The number of hydrogen-bond acceptors (Lipinski definition) is 4. The molecule has 0 unspecified atom stereocenters. The van der Waals surface area contributed by atoms with Crippen LogP contribution in [0, 0.1) is 12.8 Å². The van der Waals surface area contributed by atoms with E-state index in [4.69, 9.17) is 0 Å². The first-order valence-corrected chi connectivity index (χ1v) is 9.13. The van der Waals surface area contributed by atoms with Gasteiger partial charge in [-0.25, -0.2) is 4.98 Å². The second-order valence-corrected chi connectivity index (χ2v) is 7.14. The number of aromatic amines is 1. The maximum Gasteiger partial charge on any atom is 0.226 e. The number of aryl methyl sites for hydroxylation is 2. The molecule has 132 valence electrons. The highest BCUT2D eigenvalue weighted by atomic mass is 16.2. The highest BCUT2D eigenvalue weighted by molar-refractivity contribution is 5.79. The second kappa shape index (κ2) is 6.96. The van der Waals surface area contributed by atoms with E-state index in [0.29, 0.717) is 5.91 Å². The molecule has 0 aromatic carbocycles. The summed E-state index contributed by atoms with van der Waals surface area (Å²) in [4.78, 5) is 29.3. The predicted molar refractivity (Wildman–Crippen MR) is 94.9 cm³/mol. The lowest BCUT2D eigenvalue weighted by molar-refractivity contribution is -0.137. The molecule has 6 heteroatoms. The number of aromatic nitrogens is 3. The van der Waals surface area contributed by atoms with Crippen molar-refractivity contribution in [2.75, 3.05) is 26.2 Å². The maximum absolute atomic E-state index is 12.9. The van der Waals surface area contributed by atoms with Crippen LogP contribution in [0.25, 0.3) is 0 Å². The zero-order valence-corrected chi connectivity index (χ0v) is 14.7. The van der Waals surface area contributed by atoms with Crippen molar-refractivity contribution in [3.05, 3.63) is 47.3 Å². The normalized spacial score (nSPS) is 21.2. The number of fused-ring (bicyclic) bond motifs is 1. The third-order valence-electron chi connectivity index (χ3n) is 5.35. The van der Waals surface area contributed by atoms with E-state index in [2.05, 4.69) is 36.9 Å². The van der Waals surface area contributed by atoms with Gasteiger partial charge in [-0.15, -0.1) is 0 Å². The van der Waals surface area contributed by atoms with Crippen molar-refractivity contribution >= 4 is 5.91 Å². The first kappa shape index (κ1) is 16.3. The second-order valence-electron chi connectivity index (χ2n) is 7.14. The van der Waals surface area contributed by atoms with Crippen LogP contribution in [0.1, 0.15) is 29.2 Å². The number of carbonyl (C=O) groups excluding carboxylic acids is 1. The van der Waals surface area contributed by atoms with Gasteiger partial charge in [0, 0.05) is 63.2 Å². The van der Waals surface area contributed by atoms with Gasteiger partial charge in [0.25, 0.3) is 0 Å². The highest BCUT2D eigenvalue weighted by Gasteiger charge is 2.31. The summed E-state index contributed by atoms with van der Waals surface area (Å²) in [6.45, 7) is 6.46. The lowest BCUT2D eigenvalue weighted by Crippen LogP contribution is -2.50. The van der Waals surface area contributed by atoms with Crippen molar-refractivity contribution in [1.29, 1.82) is 0 Å². The minimum absolute atomic E-state index is 0.110. The van der Waals surface area contributed by atoms with E-state index in [1.807, 2.05) is 19.3 Å². The quantitative estimate of drug-likeness (QED) is 0.922. The van der Waals surface area contributed by atoms with Gasteiger partial charge >= 0.3 is 0 Å². The van der Waals surface area contributed by atoms with Gasteiger partial charge in [-0.3, -0.25) is 14.7 Å². The van der Waals surface area contributed by atoms with E-state index in [9.17, 15) is 4.79 Å². The van der Waals surface area contributed by atoms with E-state index in [1.165, 1.54) is 11.3 Å². The summed E-state index contributed by atoms with van der Waals surface area (Å²) in [5.41, 5.74) is 3.60. The summed E-state index contributed by atoms with van der Waals surface area (Å²) in [5.74, 6) is 1.39. The third-order valence-corrected chi connectivity index (χ3v) is 5.35. The molecule has 2 aromatic heterocycles. The average Bonchev–Trinajstić information content (AvgIpc) is 3.02. The van der Waals surface area contributed by atoms with Gasteiger partial charge < -0.3 is 9.88 Å². The fourth-order valence-corrected chi connectivity index (χ4v) is 3.97. The summed E-state index contributed by atoms with van der Waals surface area (Å²) in [6, 6.07) is 4.12. The smallest absolute Gasteiger partial charge is 0.226 e. The minimum Gasteiger partial charge on any atom is -0.346 e. The van der Waals surface area contributed by atoms with Crippen LogP contribution in [-0.4, -0.2) is 56.8 Å². The molecule has 3 heterocycles. The Bertz CT molecular complexity index is 734. The van der Waals surface area contributed by atoms with Gasteiger partial charge in [-0.2, -0.15) is 0 Å².